The predicted molar refractivity (Wildman–Crippen MR) is 87.2 cm³/mol. The predicted octanol–water partition coefficient (Wildman–Crippen LogP) is 1.49. The lowest BCUT2D eigenvalue weighted by molar-refractivity contribution is 0.0239. The van der Waals surface area contributed by atoms with Crippen molar-refractivity contribution in [3.05, 3.63) is 70.1 Å². The molecule has 0 saturated heterocycles. The third-order valence-electron chi connectivity index (χ3n) is 4.35. The lowest BCUT2D eigenvalue weighted by Gasteiger charge is -2.38. The second kappa shape index (κ2) is 6.79. The van der Waals surface area contributed by atoms with E-state index in [1.807, 2.05) is 30.3 Å². The van der Waals surface area contributed by atoms with Gasteiger partial charge in [-0.2, -0.15) is 0 Å². The number of amides is 1. The zero-order valence-corrected chi connectivity index (χ0v) is 12.7. The van der Waals surface area contributed by atoms with Crippen LogP contribution >= 0.6 is 0 Å². The Morgan fingerprint density at radius 3 is 2.57 bits per heavy atom. The number of pyridine rings is 1. The molecule has 1 heterocycles. The summed E-state index contributed by atoms with van der Waals surface area (Å²) >= 11 is 0. The molecule has 3 N–H and O–H groups in total. The number of nitrogens with one attached hydrogen (secondary N) is 2. The molecular weight excluding hydrogens is 292 g/mol. The smallest absolute Gasteiger partial charge is 0.268 e. The fourth-order valence-corrected chi connectivity index (χ4v) is 2.99. The Hall–Kier alpha value is -2.40. The third-order valence-corrected chi connectivity index (χ3v) is 4.35. The SMILES string of the molecule is O=C(NC(Cc1ccccc1)C1CC(O)C1)c1cccc(=O)[nH]1. The highest BCUT2D eigenvalue weighted by Gasteiger charge is 2.34. The molecule has 1 amide bonds. The van der Waals surface area contributed by atoms with E-state index >= 15 is 0 Å². The molecule has 1 aliphatic rings. The summed E-state index contributed by atoms with van der Waals surface area (Å²) in [5, 5.41) is 12.6. The van der Waals surface area contributed by atoms with Crippen molar-refractivity contribution < 1.29 is 9.90 Å². The van der Waals surface area contributed by atoms with Crippen molar-refractivity contribution in [1.29, 1.82) is 0 Å². The summed E-state index contributed by atoms with van der Waals surface area (Å²) in [5.41, 5.74) is 1.10. The largest absolute Gasteiger partial charge is 0.393 e. The van der Waals surface area contributed by atoms with Crippen LogP contribution in [0.3, 0.4) is 0 Å². The average molecular weight is 312 g/mol. The van der Waals surface area contributed by atoms with Crippen molar-refractivity contribution in [3.8, 4) is 0 Å². The van der Waals surface area contributed by atoms with Crippen LogP contribution in [0.2, 0.25) is 0 Å². The lowest BCUT2D eigenvalue weighted by atomic mass is 9.75. The van der Waals surface area contributed by atoms with E-state index in [9.17, 15) is 14.7 Å². The Labute approximate surface area is 134 Å². The van der Waals surface area contributed by atoms with Crippen LogP contribution in [-0.4, -0.2) is 28.1 Å². The summed E-state index contributed by atoms with van der Waals surface area (Å²) in [7, 11) is 0. The van der Waals surface area contributed by atoms with Crippen molar-refractivity contribution in [2.45, 2.75) is 31.4 Å². The third kappa shape index (κ3) is 3.87. The first-order valence-electron chi connectivity index (χ1n) is 7.84. The van der Waals surface area contributed by atoms with Gasteiger partial charge in [-0.3, -0.25) is 9.59 Å². The van der Waals surface area contributed by atoms with Crippen molar-refractivity contribution >= 4 is 5.91 Å². The summed E-state index contributed by atoms with van der Waals surface area (Å²) < 4.78 is 0. The highest BCUT2D eigenvalue weighted by atomic mass is 16.3. The number of aliphatic hydroxyl groups excluding tert-OH is 1. The lowest BCUT2D eigenvalue weighted by Crippen LogP contribution is -2.48. The average Bonchev–Trinajstić information content (AvgIpc) is 2.52. The highest BCUT2D eigenvalue weighted by molar-refractivity contribution is 5.92. The summed E-state index contributed by atoms with van der Waals surface area (Å²) in [6.45, 7) is 0. The number of hydrogen-bond donors (Lipinski definition) is 3. The number of aliphatic hydroxyl groups is 1. The van der Waals surface area contributed by atoms with E-state index in [2.05, 4.69) is 10.3 Å². The van der Waals surface area contributed by atoms with Gasteiger partial charge in [-0.15, -0.1) is 0 Å². The Balaban J connectivity index is 1.73. The fourth-order valence-electron chi connectivity index (χ4n) is 2.99. The Bertz CT molecular complexity index is 720. The topological polar surface area (TPSA) is 82.2 Å². The van der Waals surface area contributed by atoms with Crippen molar-refractivity contribution in [1.82, 2.24) is 10.3 Å². The number of hydrogen-bond acceptors (Lipinski definition) is 3. The number of carbonyl (C=O) groups is 1. The van der Waals surface area contributed by atoms with Crippen LogP contribution in [0.25, 0.3) is 0 Å². The minimum atomic E-state index is -0.295. The second-order valence-electron chi connectivity index (χ2n) is 6.08. The van der Waals surface area contributed by atoms with E-state index in [0.29, 0.717) is 19.3 Å². The minimum Gasteiger partial charge on any atom is -0.393 e. The molecule has 23 heavy (non-hydrogen) atoms. The van der Waals surface area contributed by atoms with Crippen molar-refractivity contribution in [2.24, 2.45) is 5.92 Å². The van der Waals surface area contributed by atoms with Gasteiger partial charge in [0, 0.05) is 12.1 Å². The fraction of sp³-hybridized carbons (Fsp3) is 0.333. The van der Waals surface area contributed by atoms with Crippen LogP contribution in [0.1, 0.15) is 28.9 Å². The maximum absolute atomic E-state index is 12.4. The first-order chi connectivity index (χ1) is 11.1. The van der Waals surface area contributed by atoms with E-state index in [1.54, 1.807) is 12.1 Å². The number of rotatable bonds is 5. The van der Waals surface area contributed by atoms with E-state index in [1.165, 1.54) is 6.07 Å². The number of carbonyl (C=O) groups excluding carboxylic acids is 1. The highest BCUT2D eigenvalue weighted by Crippen LogP contribution is 2.31. The first-order valence-corrected chi connectivity index (χ1v) is 7.84. The molecule has 3 rings (SSSR count). The van der Waals surface area contributed by atoms with Gasteiger partial charge in [0.1, 0.15) is 5.69 Å². The number of aromatic nitrogens is 1. The molecule has 1 aromatic heterocycles. The normalized spacial score (nSPS) is 21.3. The van der Waals surface area contributed by atoms with E-state index in [-0.39, 0.29) is 35.2 Å². The van der Waals surface area contributed by atoms with Crippen LogP contribution in [0.15, 0.2) is 53.3 Å². The summed E-state index contributed by atoms with van der Waals surface area (Å²) in [6.07, 6.45) is 1.83. The molecule has 0 spiro atoms. The molecule has 0 radical (unpaired) electrons. The van der Waals surface area contributed by atoms with Gasteiger partial charge < -0.3 is 15.4 Å². The molecule has 1 atom stereocenters. The molecular formula is C18H20N2O3. The molecule has 1 fully saturated rings. The number of aromatic amines is 1. The monoisotopic (exact) mass is 312 g/mol. The Morgan fingerprint density at radius 1 is 1.17 bits per heavy atom. The number of benzene rings is 1. The summed E-state index contributed by atoms with van der Waals surface area (Å²) in [4.78, 5) is 26.3. The Kier molecular flexibility index (Phi) is 4.57. The van der Waals surface area contributed by atoms with E-state index < -0.39 is 0 Å². The van der Waals surface area contributed by atoms with Crippen LogP contribution in [0.4, 0.5) is 0 Å². The summed E-state index contributed by atoms with van der Waals surface area (Å²) in [6, 6.07) is 14.4. The van der Waals surface area contributed by atoms with Gasteiger partial charge in [0.15, 0.2) is 0 Å². The molecule has 0 bridgehead atoms. The van der Waals surface area contributed by atoms with Gasteiger partial charge in [-0.05, 0) is 36.8 Å². The van der Waals surface area contributed by atoms with E-state index in [4.69, 9.17) is 0 Å². The van der Waals surface area contributed by atoms with Gasteiger partial charge in [-0.25, -0.2) is 0 Å². The molecule has 5 nitrogen and oxygen atoms in total. The molecule has 1 saturated carbocycles. The first kappa shape index (κ1) is 15.5. The van der Waals surface area contributed by atoms with Gasteiger partial charge >= 0.3 is 0 Å². The van der Waals surface area contributed by atoms with Gasteiger partial charge in [0.25, 0.3) is 5.91 Å². The molecule has 1 unspecified atom stereocenters. The van der Waals surface area contributed by atoms with Crippen molar-refractivity contribution in [2.75, 3.05) is 0 Å². The zero-order chi connectivity index (χ0) is 16.2. The molecule has 120 valence electrons. The minimum absolute atomic E-state index is 0.0583. The van der Waals surface area contributed by atoms with Gasteiger partial charge in [-0.1, -0.05) is 36.4 Å². The maximum Gasteiger partial charge on any atom is 0.268 e. The molecule has 1 aliphatic carbocycles. The Morgan fingerprint density at radius 2 is 1.91 bits per heavy atom. The second-order valence-corrected chi connectivity index (χ2v) is 6.08. The van der Waals surface area contributed by atoms with Gasteiger partial charge in [0.2, 0.25) is 5.56 Å². The number of H-pyrrole nitrogens is 1. The van der Waals surface area contributed by atoms with E-state index in [0.717, 1.165) is 5.56 Å². The quantitative estimate of drug-likeness (QED) is 0.782. The molecule has 0 aliphatic heterocycles. The van der Waals surface area contributed by atoms with Crippen molar-refractivity contribution in [3.63, 3.8) is 0 Å². The zero-order valence-electron chi connectivity index (χ0n) is 12.7. The van der Waals surface area contributed by atoms with Crippen LogP contribution < -0.4 is 10.9 Å². The van der Waals surface area contributed by atoms with Crippen LogP contribution in [-0.2, 0) is 6.42 Å². The maximum atomic E-state index is 12.4. The van der Waals surface area contributed by atoms with Crippen LogP contribution in [0, 0.1) is 5.92 Å². The van der Waals surface area contributed by atoms with Gasteiger partial charge in [0.05, 0.1) is 6.10 Å². The molecule has 5 heteroatoms. The standard InChI is InChI=1S/C18H20N2O3/c21-14-10-13(11-14)16(9-12-5-2-1-3-6-12)20-18(23)15-7-4-8-17(22)19-15/h1-8,13-14,16,21H,9-11H2,(H,19,22)(H,20,23). The van der Waals surface area contributed by atoms with Crippen LogP contribution in [0.5, 0.6) is 0 Å². The summed E-state index contributed by atoms with van der Waals surface area (Å²) in [5.74, 6) is -0.0328. The molecule has 2 aromatic rings. The molecule has 1 aromatic carbocycles.